The van der Waals surface area contributed by atoms with Crippen molar-refractivity contribution in [2.45, 2.75) is 65.2 Å². The molecule has 0 saturated carbocycles. The Hall–Kier alpha value is -2.15. The Balaban J connectivity index is 1.98. The molecule has 0 radical (unpaired) electrons. The highest BCUT2D eigenvalue weighted by atomic mass is 16.1. The van der Waals surface area contributed by atoms with Gasteiger partial charge in [0.25, 0.3) is 0 Å². The second kappa shape index (κ2) is 6.54. The van der Waals surface area contributed by atoms with Crippen molar-refractivity contribution in [1.29, 1.82) is 0 Å². The Labute approximate surface area is 158 Å². The van der Waals surface area contributed by atoms with Crippen LogP contribution in [0.5, 0.6) is 0 Å². The van der Waals surface area contributed by atoms with Crippen LogP contribution in [0.1, 0.15) is 87.0 Å². The smallest absolute Gasteiger partial charge is 0.159 e. The number of hydrogen-bond donors (Lipinski definition) is 0. The molecule has 0 heterocycles. The van der Waals surface area contributed by atoms with Gasteiger partial charge in [0.05, 0.1) is 0 Å². The van der Waals surface area contributed by atoms with Gasteiger partial charge in [-0.25, -0.2) is 0 Å². The van der Waals surface area contributed by atoms with Crippen LogP contribution in [0, 0.1) is 0 Å². The molecule has 0 unspecified atom stereocenters. The van der Waals surface area contributed by atoms with E-state index in [4.69, 9.17) is 0 Å². The minimum atomic E-state index is 0.108. The molecular weight excluding hydrogens is 316 g/mol. The number of ketones is 1. The fourth-order valence-corrected chi connectivity index (χ4v) is 3.98. The van der Waals surface area contributed by atoms with Crippen LogP contribution >= 0.6 is 0 Å². The Kier molecular flexibility index (Phi) is 4.69. The van der Waals surface area contributed by atoms with Crippen LogP contribution < -0.4 is 0 Å². The molecule has 26 heavy (non-hydrogen) atoms. The Bertz CT molecular complexity index is 864. The zero-order valence-corrected chi connectivity index (χ0v) is 16.9. The lowest BCUT2D eigenvalue weighted by molar-refractivity contribution is 0.101. The van der Waals surface area contributed by atoms with Crippen molar-refractivity contribution in [2.24, 2.45) is 0 Å². The first kappa shape index (κ1) is 18.6. The average Bonchev–Trinajstić information content (AvgIpc) is 2.59. The summed E-state index contributed by atoms with van der Waals surface area (Å²) in [5.74, 6) is 0.108. The molecule has 2 aromatic carbocycles. The minimum absolute atomic E-state index is 0.108. The number of rotatable bonds is 3. The van der Waals surface area contributed by atoms with E-state index in [1.165, 1.54) is 35.1 Å². The van der Waals surface area contributed by atoms with Crippen LogP contribution in [-0.2, 0) is 10.8 Å². The van der Waals surface area contributed by atoms with Crippen molar-refractivity contribution in [3.8, 4) is 0 Å². The summed E-state index contributed by atoms with van der Waals surface area (Å²) in [7, 11) is 0. The molecule has 0 aromatic heterocycles. The number of carbonyl (C=O) groups is 1. The fourth-order valence-electron chi connectivity index (χ4n) is 3.98. The molecule has 3 rings (SSSR count). The van der Waals surface area contributed by atoms with Gasteiger partial charge in [-0.15, -0.1) is 0 Å². The first-order valence-corrected chi connectivity index (χ1v) is 9.55. The summed E-state index contributed by atoms with van der Waals surface area (Å²) >= 11 is 0. The first-order valence-electron chi connectivity index (χ1n) is 9.55. The van der Waals surface area contributed by atoms with Crippen LogP contribution in [0.25, 0.3) is 11.6 Å². The first-order chi connectivity index (χ1) is 12.1. The third-order valence-electron chi connectivity index (χ3n) is 6.01. The van der Waals surface area contributed by atoms with Crippen molar-refractivity contribution < 1.29 is 4.79 Å². The molecule has 1 aliphatic rings. The van der Waals surface area contributed by atoms with E-state index in [0.717, 1.165) is 11.1 Å². The number of fused-ring (bicyclic) bond motifs is 1. The molecule has 2 aromatic rings. The van der Waals surface area contributed by atoms with Gasteiger partial charge in [0.15, 0.2) is 5.78 Å². The normalized spacial score (nSPS) is 18.3. The largest absolute Gasteiger partial charge is 0.295 e. The summed E-state index contributed by atoms with van der Waals surface area (Å²) in [4.78, 5) is 11.4. The van der Waals surface area contributed by atoms with Crippen LogP contribution in [0.2, 0.25) is 0 Å². The number of allylic oxidation sites excluding steroid dienone is 1. The van der Waals surface area contributed by atoms with E-state index in [1.54, 1.807) is 6.92 Å². The van der Waals surface area contributed by atoms with E-state index in [1.807, 2.05) is 24.3 Å². The third kappa shape index (κ3) is 3.53. The summed E-state index contributed by atoms with van der Waals surface area (Å²) < 4.78 is 0. The molecule has 1 aliphatic carbocycles. The van der Waals surface area contributed by atoms with Gasteiger partial charge in [-0.2, -0.15) is 0 Å². The lowest BCUT2D eigenvalue weighted by Gasteiger charge is -2.42. The second-order valence-corrected chi connectivity index (χ2v) is 9.03. The molecule has 136 valence electrons. The quantitative estimate of drug-likeness (QED) is 0.441. The van der Waals surface area contributed by atoms with Gasteiger partial charge in [0.2, 0.25) is 0 Å². The van der Waals surface area contributed by atoms with Gasteiger partial charge >= 0.3 is 0 Å². The summed E-state index contributed by atoms with van der Waals surface area (Å²) in [6.07, 6.45) is 4.67. The van der Waals surface area contributed by atoms with E-state index in [2.05, 4.69) is 58.9 Å². The van der Waals surface area contributed by atoms with Crippen LogP contribution in [0.4, 0.5) is 0 Å². The lowest BCUT2D eigenvalue weighted by Crippen LogP contribution is -2.33. The maximum Gasteiger partial charge on any atom is 0.159 e. The van der Waals surface area contributed by atoms with Gasteiger partial charge < -0.3 is 0 Å². The molecule has 0 N–H and O–H groups in total. The van der Waals surface area contributed by atoms with Gasteiger partial charge in [-0.05, 0) is 65.3 Å². The number of hydrogen-bond acceptors (Lipinski definition) is 1. The summed E-state index contributed by atoms with van der Waals surface area (Å²) in [6.45, 7) is 13.2. The lowest BCUT2D eigenvalue weighted by atomic mass is 9.63. The Morgan fingerprint density at radius 2 is 1.35 bits per heavy atom. The van der Waals surface area contributed by atoms with Crippen molar-refractivity contribution in [2.75, 3.05) is 0 Å². The average molecular weight is 347 g/mol. The fraction of sp³-hybridized carbons (Fsp3) is 0.400. The van der Waals surface area contributed by atoms with E-state index in [9.17, 15) is 4.79 Å². The topological polar surface area (TPSA) is 17.1 Å². The molecule has 0 aliphatic heterocycles. The Morgan fingerprint density at radius 3 is 1.92 bits per heavy atom. The van der Waals surface area contributed by atoms with Crippen molar-refractivity contribution in [3.05, 3.63) is 70.3 Å². The molecular formula is C25H30O. The molecule has 0 amide bonds. The maximum atomic E-state index is 11.4. The molecule has 0 saturated heterocycles. The van der Waals surface area contributed by atoms with Gasteiger partial charge in [0.1, 0.15) is 0 Å². The highest BCUT2D eigenvalue weighted by molar-refractivity contribution is 5.94. The zero-order valence-electron chi connectivity index (χ0n) is 16.9. The highest BCUT2D eigenvalue weighted by Gasteiger charge is 2.36. The van der Waals surface area contributed by atoms with Crippen molar-refractivity contribution in [1.82, 2.24) is 0 Å². The molecule has 0 atom stereocenters. The minimum Gasteiger partial charge on any atom is -0.295 e. The van der Waals surface area contributed by atoms with Crippen LogP contribution in [0.3, 0.4) is 0 Å². The third-order valence-corrected chi connectivity index (χ3v) is 6.01. The molecule has 0 bridgehead atoms. The second-order valence-electron chi connectivity index (χ2n) is 9.03. The van der Waals surface area contributed by atoms with Crippen LogP contribution in [-0.4, -0.2) is 5.78 Å². The SMILES string of the molecule is CC(=O)c1ccc(/C=C(\C)c2ccc3c(c2)C(C)(C)CCC3(C)C)cc1. The predicted octanol–water partition coefficient (Wildman–Crippen LogP) is 6.80. The van der Waals surface area contributed by atoms with E-state index < -0.39 is 0 Å². The van der Waals surface area contributed by atoms with Gasteiger partial charge in [-0.3, -0.25) is 4.79 Å². The molecule has 0 spiro atoms. The Morgan fingerprint density at radius 1 is 0.808 bits per heavy atom. The molecule has 0 fully saturated rings. The van der Waals surface area contributed by atoms with Crippen molar-refractivity contribution in [3.63, 3.8) is 0 Å². The predicted molar refractivity (Wildman–Crippen MR) is 112 cm³/mol. The zero-order chi connectivity index (χ0) is 19.1. The summed E-state index contributed by atoms with van der Waals surface area (Å²) in [5.41, 5.74) is 7.89. The highest BCUT2D eigenvalue weighted by Crippen LogP contribution is 2.46. The summed E-state index contributed by atoms with van der Waals surface area (Å²) in [6, 6.07) is 14.8. The van der Waals surface area contributed by atoms with E-state index in [-0.39, 0.29) is 16.6 Å². The van der Waals surface area contributed by atoms with Crippen molar-refractivity contribution >= 4 is 17.4 Å². The number of benzene rings is 2. The van der Waals surface area contributed by atoms with Gasteiger partial charge in [-0.1, -0.05) is 76.2 Å². The maximum absolute atomic E-state index is 11.4. The number of carbonyl (C=O) groups excluding carboxylic acids is 1. The summed E-state index contributed by atoms with van der Waals surface area (Å²) in [5, 5.41) is 0. The molecule has 1 heteroatoms. The number of Topliss-reactive ketones (excluding diaryl/α,β-unsaturated/α-hetero) is 1. The standard InChI is InChI=1S/C25H30O/c1-17(15-19-7-9-20(10-8-19)18(2)26)21-11-12-22-23(16-21)25(5,6)14-13-24(22,3)4/h7-12,15-16H,13-14H2,1-6H3/b17-15+. The van der Waals surface area contributed by atoms with E-state index in [0.29, 0.717) is 0 Å². The van der Waals surface area contributed by atoms with Gasteiger partial charge in [0, 0.05) is 5.56 Å². The monoisotopic (exact) mass is 346 g/mol. The van der Waals surface area contributed by atoms with Crippen LogP contribution in [0.15, 0.2) is 42.5 Å². The molecule has 1 nitrogen and oxygen atoms in total. The van der Waals surface area contributed by atoms with E-state index >= 15 is 0 Å².